The third-order valence-electron chi connectivity index (χ3n) is 4.25. The van der Waals surface area contributed by atoms with Gasteiger partial charge in [0.15, 0.2) is 5.15 Å². The Labute approximate surface area is 165 Å². The Hall–Kier alpha value is -3.51. The van der Waals surface area contributed by atoms with E-state index in [1.807, 2.05) is 30.3 Å². The van der Waals surface area contributed by atoms with Crippen LogP contribution in [0.1, 0.15) is 16.2 Å². The van der Waals surface area contributed by atoms with Crippen LogP contribution in [0.25, 0.3) is 16.6 Å². The summed E-state index contributed by atoms with van der Waals surface area (Å²) in [7, 11) is 0. The van der Waals surface area contributed by atoms with E-state index < -0.39 is 5.91 Å². The van der Waals surface area contributed by atoms with Gasteiger partial charge in [0.2, 0.25) is 5.82 Å². The Morgan fingerprint density at radius 3 is 2.54 bits per heavy atom. The minimum absolute atomic E-state index is 0.0467. The highest BCUT2D eigenvalue weighted by Gasteiger charge is 2.20. The second-order valence-electron chi connectivity index (χ2n) is 6.07. The average molecular weight is 391 g/mol. The number of hydrogen-bond donors (Lipinski definition) is 1. The van der Waals surface area contributed by atoms with E-state index in [2.05, 4.69) is 15.3 Å². The molecule has 0 spiro atoms. The minimum Gasteiger partial charge on any atom is -0.345 e. The van der Waals surface area contributed by atoms with Crippen LogP contribution in [0.4, 0.5) is 0 Å². The molecule has 2 aromatic carbocycles. The van der Waals surface area contributed by atoms with Gasteiger partial charge < -0.3 is 5.32 Å². The van der Waals surface area contributed by atoms with Crippen LogP contribution in [0, 0.1) is 0 Å². The molecular weight excluding hydrogens is 376 g/mol. The summed E-state index contributed by atoms with van der Waals surface area (Å²) >= 11 is 6.20. The molecule has 0 radical (unpaired) electrons. The van der Waals surface area contributed by atoms with Gasteiger partial charge in [0.25, 0.3) is 11.5 Å². The number of rotatable bonds is 4. The molecule has 0 aliphatic rings. The maximum atomic E-state index is 13.1. The first kappa shape index (κ1) is 17.9. The van der Waals surface area contributed by atoms with Crippen LogP contribution in [0.15, 0.2) is 77.7 Å². The van der Waals surface area contributed by atoms with E-state index in [-0.39, 0.29) is 16.5 Å². The highest BCUT2D eigenvalue weighted by molar-refractivity contribution is 6.31. The first-order valence-corrected chi connectivity index (χ1v) is 8.98. The van der Waals surface area contributed by atoms with Crippen molar-refractivity contribution in [1.29, 1.82) is 0 Å². The number of aromatic nitrogens is 3. The number of fused-ring (bicyclic) bond motifs is 1. The molecule has 4 rings (SSSR count). The molecule has 0 fully saturated rings. The van der Waals surface area contributed by atoms with Gasteiger partial charge in [-0.05, 0) is 29.8 Å². The number of pyridine rings is 1. The van der Waals surface area contributed by atoms with Crippen LogP contribution in [0.5, 0.6) is 0 Å². The predicted octanol–water partition coefficient (Wildman–Crippen LogP) is 3.36. The molecule has 0 atom stereocenters. The number of para-hydroxylation sites is 1. The van der Waals surface area contributed by atoms with Gasteiger partial charge >= 0.3 is 0 Å². The second-order valence-corrected chi connectivity index (χ2v) is 6.43. The van der Waals surface area contributed by atoms with E-state index in [1.54, 1.807) is 36.4 Å². The van der Waals surface area contributed by atoms with Crippen LogP contribution in [-0.4, -0.2) is 20.4 Å². The van der Waals surface area contributed by atoms with E-state index >= 15 is 0 Å². The number of benzene rings is 2. The summed E-state index contributed by atoms with van der Waals surface area (Å²) in [6.45, 7) is 0.309. The molecular formula is C21H15ClN4O2. The molecule has 2 aromatic heterocycles. The normalized spacial score (nSPS) is 10.8. The first-order chi connectivity index (χ1) is 13.6. The van der Waals surface area contributed by atoms with Gasteiger partial charge in [-0.3, -0.25) is 14.2 Å². The molecule has 4 aromatic rings. The lowest BCUT2D eigenvalue weighted by atomic mass is 10.2. The fraction of sp³-hybridized carbons (Fsp3) is 0.0476. The molecule has 2 heterocycles. The molecule has 1 amide bonds. The topological polar surface area (TPSA) is 76.9 Å². The van der Waals surface area contributed by atoms with Crippen molar-refractivity contribution in [1.82, 2.24) is 19.9 Å². The van der Waals surface area contributed by atoms with Gasteiger partial charge in [-0.2, -0.15) is 0 Å². The lowest BCUT2D eigenvalue weighted by Crippen LogP contribution is -2.33. The van der Waals surface area contributed by atoms with Crippen LogP contribution in [-0.2, 0) is 6.54 Å². The van der Waals surface area contributed by atoms with Crippen molar-refractivity contribution in [2.75, 3.05) is 0 Å². The monoisotopic (exact) mass is 390 g/mol. The van der Waals surface area contributed by atoms with E-state index in [1.165, 1.54) is 10.8 Å². The van der Waals surface area contributed by atoms with Gasteiger partial charge in [-0.15, -0.1) is 0 Å². The zero-order chi connectivity index (χ0) is 19.5. The summed E-state index contributed by atoms with van der Waals surface area (Å²) in [6.07, 6.45) is 1.51. The van der Waals surface area contributed by atoms with Crippen molar-refractivity contribution in [3.63, 3.8) is 0 Å². The predicted molar refractivity (Wildman–Crippen MR) is 108 cm³/mol. The summed E-state index contributed by atoms with van der Waals surface area (Å²) in [6, 6.07) is 19.6. The van der Waals surface area contributed by atoms with Gasteiger partial charge in [0.1, 0.15) is 0 Å². The first-order valence-electron chi connectivity index (χ1n) is 8.60. The average Bonchev–Trinajstić information content (AvgIpc) is 2.73. The van der Waals surface area contributed by atoms with Crippen molar-refractivity contribution >= 4 is 28.4 Å². The Morgan fingerprint density at radius 2 is 1.75 bits per heavy atom. The van der Waals surface area contributed by atoms with E-state index in [9.17, 15) is 9.59 Å². The van der Waals surface area contributed by atoms with E-state index in [0.717, 1.165) is 5.56 Å². The smallest absolute Gasteiger partial charge is 0.288 e. The van der Waals surface area contributed by atoms with Crippen LogP contribution < -0.4 is 10.9 Å². The minimum atomic E-state index is -0.480. The van der Waals surface area contributed by atoms with Crippen molar-refractivity contribution in [2.24, 2.45) is 0 Å². The zero-order valence-corrected chi connectivity index (χ0v) is 15.4. The Kier molecular flexibility index (Phi) is 4.87. The fourth-order valence-corrected chi connectivity index (χ4v) is 3.11. The van der Waals surface area contributed by atoms with Crippen LogP contribution in [0.3, 0.4) is 0 Å². The van der Waals surface area contributed by atoms with Crippen molar-refractivity contribution < 1.29 is 4.79 Å². The molecule has 138 valence electrons. The summed E-state index contributed by atoms with van der Waals surface area (Å²) < 4.78 is 1.21. The number of carbonyl (C=O) groups is 1. The molecule has 0 aliphatic heterocycles. The maximum absolute atomic E-state index is 13.1. The summed E-state index contributed by atoms with van der Waals surface area (Å²) in [5.74, 6) is -0.527. The number of amides is 1. The summed E-state index contributed by atoms with van der Waals surface area (Å²) in [5.41, 5.74) is 1.29. The van der Waals surface area contributed by atoms with Crippen molar-refractivity contribution in [3.05, 3.63) is 99.8 Å². The highest BCUT2D eigenvalue weighted by Crippen LogP contribution is 2.19. The number of nitrogens with zero attached hydrogens (tertiary/aromatic N) is 3. The van der Waals surface area contributed by atoms with Gasteiger partial charge in [0.05, 0.1) is 16.6 Å². The largest absolute Gasteiger partial charge is 0.345 e. The number of halogens is 1. The van der Waals surface area contributed by atoms with Crippen LogP contribution in [0.2, 0.25) is 5.15 Å². The quantitative estimate of drug-likeness (QED) is 0.542. The third-order valence-corrected chi connectivity index (χ3v) is 4.55. The fourth-order valence-electron chi connectivity index (χ4n) is 2.91. The van der Waals surface area contributed by atoms with Gasteiger partial charge in [-0.25, -0.2) is 9.97 Å². The molecule has 0 saturated carbocycles. The molecule has 0 bridgehead atoms. The molecule has 1 N–H and O–H groups in total. The Morgan fingerprint density at radius 1 is 1.00 bits per heavy atom. The van der Waals surface area contributed by atoms with Crippen molar-refractivity contribution in [3.8, 4) is 5.69 Å². The Balaban J connectivity index is 1.84. The van der Waals surface area contributed by atoms with E-state index in [0.29, 0.717) is 23.1 Å². The molecule has 7 heteroatoms. The van der Waals surface area contributed by atoms with Gasteiger partial charge in [0, 0.05) is 12.7 Å². The summed E-state index contributed by atoms with van der Waals surface area (Å²) in [4.78, 5) is 34.5. The third kappa shape index (κ3) is 3.37. The molecule has 0 unspecified atom stereocenters. The number of nitrogens with one attached hydrogen (secondary N) is 1. The molecule has 28 heavy (non-hydrogen) atoms. The van der Waals surface area contributed by atoms with Gasteiger partial charge in [-0.1, -0.05) is 54.1 Å². The zero-order valence-electron chi connectivity index (χ0n) is 14.7. The lowest BCUT2D eigenvalue weighted by Gasteiger charge is -2.14. The van der Waals surface area contributed by atoms with Crippen LogP contribution >= 0.6 is 11.6 Å². The summed E-state index contributed by atoms with van der Waals surface area (Å²) in [5, 5.41) is 3.31. The molecule has 6 nitrogen and oxygen atoms in total. The SMILES string of the molecule is O=C(NCc1ccccc1)c1nc2ccccc2c(=O)n1-c1cccnc1Cl. The molecule has 0 aliphatic carbocycles. The standard InChI is InChI=1S/C21H15ClN4O2/c22-18-17(11-6-12-23-18)26-19(20(27)24-13-14-7-2-1-3-8-14)25-16-10-5-4-9-15(16)21(26)28/h1-12H,13H2,(H,24,27). The second kappa shape index (κ2) is 7.62. The highest BCUT2D eigenvalue weighted by atomic mass is 35.5. The Bertz CT molecular complexity index is 1220. The lowest BCUT2D eigenvalue weighted by molar-refractivity contribution is 0.0937. The number of hydrogen-bond acceptors (Lipinski definition) is 4. The number of carbonyl (C=O) groups excluding carboxylic acids is 1. The maximum Gasteiger partial charge on any atom is 0.288 e. The molecule has 0 saturated heterocycles. The van der Waals surface area contributed by atoms with Crippen molar-refractivity contribution in [2.45, 2.75) is 6.54 Å². The van der Waals surface area contributed by atoms with E-state index in [4.69, 9.17) is 11.6 Å².